The van der Waals surface area contributed by atoms with Gasteiger partial charge in [-0.2, -0.15) is 0 Å². The van der Waals surface area contributed by atoms with Crippen LogP contribution in [0.4, 0.5) is 0 Å². The Labute approximate surface area is 167 Å². The summed E-state index contributed by atoms with van der Waals surface area (Å²) in [5.41, 5.74) is 11.8. The predicted octanol–water partition coefficient (Wildman–Crippen LogP) is 7.21. The minimum Gasteiger partial charge on any atom is -0.252 e. The summed E-state index contributed by atoms with van der Waals surface area (Å²) in [4.78, 5) is 5.05. The molecule has 1 aromatic heterocycles. The van der Waals surface area contributed by atoms with E-state index in [2.05, 4.69) is 88.4 Å². The van der Waals surface area contributed by atoms with Gasteiger partial charge in [0, 0.05) is 16.6 Å². The molecule has 1 nitrogen and oxygen atoms in total. The maximum atomic E-state index is 5.05. The third-order valence-electron chi connectivity index (χ3n) is 5.98. The van der Waals surface area contributed by atoms with E-state index in [4.69, 9.17) is 4.98 Å². The normalized spacial score (nSPS) is 12.5. The van der Waals surface area contributed by atoms with Gasteiger partial charge in [0.15, 0.2) is 0 Å². The van der Waals surface area contributed by atoms with Crippen LogP contribution in [0.2, 0.25) is 0 Å². The van der Waals surface area contributed by atoms with Crippen LogP contribution in [0, 0.1) is 13.8 Å². The van der Waals surface area contributed by atoms with Crippen molar-refractivity contribution in [2.45, 2.75) is 40.0 Å². The summed E-state index contributed by atoms with van der Waals surface area (Å²) in [7, 11) is 0. The first-order valence-electron chi connectivity index (χ1n) is 10.2. The van der Waals surface area contributed by atoms with Gasteiger partial charge >= 0.3 is 0 Å². The predicted molar refractivity (Wildman–Crippen MR) is 119 cm³/mol. The van der Waals surface area contributed by atoms with E-state index in [1.54, 1.807) is 0 Å². The Bertz CT molecular complexity index is 1230. The molecule has 138 valence electrons. The monoisotopic (exact) mass is 363 g/mol. The molecule has 0 saturated heterocycles. The average Bonchev–Trinajstić information content (AvgIpc) is 3.04. The summed E-state index contributed by atoms with van der Waals surface area (Å²) in [6.45, 7) is 8.85. The van der Waals surface area contributed by atoms with Crippen LogP contribution in [-0.4, -0.2) is 4.98 Å². The van der Waals surface area contributed by atoms with E-state index in [0.717, 1.165) is 17.8 Å². The van der Waals surface area contributed by atoms with E-state index in [1.165, 1.54) is 49.7 Å². The van der Waals surface area contributed by atoms with Gasteiger partial charge in [-0.15, -0.1) is 0 Å². The minimum absolute atomic E-state index is 0.492. The first kappa shape index (κ1) is 17.2. The zero-order valence-electron chi connectivity index (χ0n) is 17.0. The van der Waals surface area contributed by atoms with Crippen LogP contribution in [0.1, 0.15) is 47.7 Å². The summed E-state index contributed by atoms with van der Waals surface area (Å²) >= 11 is 0. The molecule has 0 spiro atoms. The molecule has 0 N–H and O–H groups in total. The molecule has 28 heavy (non-hydrogen) atoms. The van der Waals surface area contributed by atoms with Crippen LogP contribution >= 0.6 is 0 Å². The number of benzene rings is 3. The van der Waals surface area contributed by atoms with Gasteiger partial charge in [0.05, 0.1) is 5.69 Å². The van der Waals surface area contributed by atoms with E-state index >= 15 is 0 Å². The lowest BCUT2D eigenvalue weighted by Gasteiger charge is -2.16. The topological polar surface area (TPSA) is 12.9 Å². The van der Waals surface area contributed by atoms with Crippen molar-refractivity contribution in [3.63, 3.8) is 0 Å². The molecule has 1 aliphatic rings. The van der Waals surface area contributed by atoms with Crippen molar-refractivity contribution >= 4 is 10.8 Å². The van der Waals surface area contributed by atoms with E-state index in [1.807, 2.05) is 0 Å². The highest BCUT2D eigenvalue weighted by molar-refractivity contribution is 5.99. The Balaban J connectivity index is 1.84. The van der Waals surface area contributed by atoms with Gasteiger partial charge in [0.2, 0.25) is 0 Å². The second kappa shape index (κ2) is 6.31. The fraction of sp³-hybridized carbons (Fsp3) is 0.222. The summed E-state index contributed by atoms with van der Waals surface area (Å²) in [6.07, 6.45) is 0.988. The summed E-state index contributed by atoms with van der Waals surface area (Å²) in [5.74, 6) is 0.492. The van der Waals surface area contributed by atoms with Crippen LogP contribution in [0.3, 0.4) is 0 Å². The molecule has 1 heterocycles. The molecular weight excluding hydrogens is 338 g/mol. The number of rotatable bonds is 2. The van der Waals surface area contributed by atoms with Gasteiger partial charge in [0.1, 0.15) is 0 Å². The SMILES string of the molecule is Cc1cc2c(c(-c3nc(C)cc4c(C(C)C)cccc34)c1)Cc1ccccc1-2. The minimum atomic E-state index is 0.492. The lowest BCUT2D eigenvalue weighted by atomic mass is 9.90. The zero-order chi connectivity index (χ0) is 19.4. The van der Waals surface area contributed by atoms with Crippen molar-refractivity contribution in [2.75, 3.05) is 0 Å². The molecule has 0 atom stereocenters. The maximum Gasteiger partial charge on any atom is 0.0786 e. The molecule has 1 heteroatoms. The molecule has 0 amide bonds. The number of hydrogen-bond acceptors (Lipinski definition) is 1. The Morgan fingerprint density at radius 2 is 1.57 bits per heavy atom. The fourth-order valence-electron chi connectivity index (χ4n) is 4.72. The molecule has 0 unspecified atom stereocenters. The van der Waals surface area contributed by atoms with Crippen molar-refractivity contribution < 1.29 is 0 Å². The maximum absolute atomic E-state index is 5.05. The number of aryl methyl sites for hydroxylation is 2. The van der Waals surface area contributed by atoms with Crippen LogP contribution in [0.5, 0.6) is 0 Å². The molecule has 0 radical (unpaired) electrons. The number of pyridine rings is 1. The molecule has 5 rings (SSSR count). The van der Waals surface area contributed by atoms with Crippen LogP contribution < -0.4 is 0 Å². The lowest BCUT2D eigenvalue weighted by molar-refractivity contribution is 0.876. The highest BCUT2D eigenvalue weighted by Gasteiger charge is 2.23. The Morgan fingerprint density at radius 3 is 2.39 bits per heavy atom. The number of fused-ring (bicyclic) bond motifs is 4. The highest BCUT2D eigenvalue weighted by Crippen LogP contribution is 2.43. The largest absolute Gasteiger partial charge is 0.252 e. The highest BCUT2D eigenvalue weighted by atomic mass is 14.7. The number of nitrogens with zero attached hydrogens (tertiary/aromatic N) is 1. The fourth-order valence-corrected chi connectivity index (χ4v) is 4.72. The van der Waals surface area contributed by atoms with E-state index < -0.39 is 0 Å². The second-order valence-corrected chi connectivity index (χ2v) is 8.38. The first-order valence-corrected chi connectivity index (χ1v) is 10.2. The molecule has 1 aliphatic carbocycles. The van der Waals surface area contributed by atoms with E-state index in [9.17, 15) is 0 Å². The molecule has 0 bridgehead atoms. The van der Waals surface area contributed by atoms with E-state index in [-0.39, 0.29) is 0 Å². The summed E-state index contributed by atoms with van der Waals surface area (Å²) in [5, 5.41) is 2.60. The van der Waals surface area contributed by atoms with Crippen molar-refractivity contribution in [1.82, 2.24) is 4.98 Å². The van der Waals surface area contributed by atoms with Gasteiger partial charge in [-0.05, 0) is 77.1 Å². The standard InChI is InChI=1S/C27H25N/c1-16(2)20-10-7-11-22-24(20)14-18(4)28-27(22)26-13-17(3)12-23-21-9-6-5-8-19(21)15-25(23)26/h5-14,16H,15H2,1-4H3. The number of aromatic nitrogens is 1. The van der Waals surface area contributed by atoms with Crippen LogP contribution in [-0.2, 0) is 6.42 Å². The summed E-state index contributed by atoms with van der Waals surface area (Å²) < 4.78 is 0. The van der Waals surface area contributed by atoms with Crippen molar-refractivity contribution in [2.24, 2.45) is 0 Å². The zero-order valence-corrected chi connectivity index (χ0v) is 17.0. The third-order valence-corrected chi connectivity index (χ3v) is 5.98. The van der Waals surface area contributed by atoms with Crippen molar-refractivity contribution in [1.29, 1.82) is 0 Å². The van der Waals surface area contributed by atoms with Crippen LogP contribution in [0.25, 0.3) is 33.2 Å². The Kier molecular flexibility index (Phi) is 3.87. The Hall–Kier alpha value is -2.93. The van der Waals surface area contributed by atoms with Crippen molar-refractivity contribution in [3.8, 4) is 22.4 Å². The second-order valence-electron chi connectivity index (χ2n) is 8.38. The molecule has 4 aromatic rings. The smallest absolute Gasteiger partial charge is 0.0786 e. The lowest BCUT2D eigenvalue weighted by Crippen LogP contribution is -1.98. The molecular formula is C27H25N. The third kappa shape index (κ3) is 2.57. The van der Waals surface area contributed by atoms with E-state index in [0.29, 0.717) is 5.92 Å². The average molecular weight is 364 g/mol. The van der Waals surface area contributed by atoms with Gasteiger partial charge in [-0.1, -0.05) is 62.4 Å². The molecule has 0 aliphatic heterocycles. The van der Waals surface area contributed by atoms with Crippen LogP contribution in [0.15, 0.2) is 60.7 Å². The van der Waals surface area contributed by atoms with Gasteiger partial charge in [-0.3, -0.25) is 4.98 Å². The van der Waals surface area contributed by atoms with Gasteiger partial charge < -0.3 is 0 Å². The first-order chi connectivity index (χ1) is 13.5. The van der Waals surface area contributed by atoms with Crippen molar-refractivity contribution in [3.05, 3.63) is 88.6 Å². The molecule has 0 saturated carbocycles. The van der Waals surface area contributed by atoms with Gasteiger partial charge in [-0.25, -0.2) is 0 Å². The molecule has 0 fully saturated rings. The quantitative estimate of drug-likeness (QED) is 0.323. The van der Waals surface area contributed by atoms with Gasteiger partial charge in [0.25, 0.3) is 0 Å². The Morgan fingerprint density at radius 1 is 0.786 bits per heavy atom. The number of hydrogen-bond donors (Lipinski definition) is 0. The molecule has 3 aromatic carbocycles. The summed E-state index contributed by atoms with van der Waals surface area (Å²) in [6, 6.07) is 22.4.